The minimum absolute atomic E-state index is 0.0280. The zero-order valence-corrected chi connectivity index (χ0v) is 16.0. The molecule has 3 rings (SSSR count). The number of fused-ring (bicyclic) bond motifs is 1. The summed E-state index contributed by atoms with van der Waals surface area (Å²) in [6.45, 7) is 5.97. The molecule has 0 unspecified atom stereocenters. The van der Waals surface area contributed by atoms with E-state index >= 15 is 0 Å². The molecule has 9 heteroatoms. The van der Waals surface area contributed by atoms with E-state index in [4.69, 9.17) is 0 Å². The number of nitrogens with one attached hydrogen (secondary N) is 1. The summed E-state index contributed by atoms with van der Waals surface area (Å²) >= 11 is 1.18. The molecule has 0 saturated heterocycles. The van der Waals surface area contributed by atoms with Crippen molar-refractivity contribution in [1.29, 1.82) is 0 Å². The number of aryl methyl sites for hydroxylation is 2. The maximum absolute atomic E-state index is 13.6. The van der Waals surface area contributed by atoms with Gasteiger partial charge in [0.2, 0.25) is 11.1 Å². The SMILES string of the molecule is Cc1nc2nc(SCC(=O)NCCc3c(F)cccc3F)nn2c(C)c1C. The summed E-state index contributed by atoms with van der Waals surface area (Å²) in [5, 5.41) is 7.46. The number of thioether (sulfide) groups is 1. The van der Waals surface area contributed by atoms with Crippen LogP contribution in [0.2, 0.25) is 0 Å². The van der Waals surface area contributed by atoms with Gasteiger partial charge in [0.15, 0.2) is 0 Å². The first-order valence-electron chi connectivity index (χ1n) is 8.39. The maximum Gasteiger partial charge on any atom is 0.253 e. The molecule has 3 aromatic rings. The van der Waals surface area contributed by atoms with Gasteiger partial charge in [0.05, 0.1) is 5.75 Å². The van der Waals surface area contributed by atoms with Crippen LogP contribution in [0.25, 0.3) is 5.78 Å². The lowest BCUT2D eigenvalue weighted by Crippen LogP contribution is -2.27. The zero-order chi connectivity index (χ0) is 19.6. The summed E-state index contributed by atoms with van der Waals surface area (Å²) in [4.78, 5) is 20.7. The van der Waals surface area contributed by atoms with E-state index in [0.29, 0.717) is 10.9 Å². The topological polar surface area (TPSA) is 72.2 Å². The largest absolute Gasteiger partial charge is 0.355 e. The van der Waals surface area contributed by atoms with Crippen LogP contribution in [0, 0.1) is 32.4 Å². The zero-order valence-electron chi connectivity index (χ0n) is 15.2. The molecule has 0 saturated carbocycles. The first kappa shape index (κ1) is 19.2. The summed E-state index contributed by atoms with van der Waals surface area (Å²) in [7, 11) is 0. The van der Waals surface area contributed by atoms with E-state index in [-0.39, 0.29) is 30.2 Å². The summed E-state index contributed by atoms with van der Waals surface area (Å²) < 4.78 is 28.8. The van der Waals surface area contributed by atoms with Crippen LogP contribution in [0.4, 0.5) is 8.78 Å². The molecule has 0 aliphatic carbocycles. The van der Waals surface area contributed by atoms with Gasteiger partial charge in [-0.05, 0) is 44.9 Å². The molecule has 1 aromatic carbocycles. The quantitative estimate of drug-likeness (QED) is 0.654. The van der Waals surface area contributed by atoms with Crippen molar-refractivity contribution in [3.63, 3.8) is 0 Å². The average Bonchev–Trinajstić information content (AvgIpc) is 3.03. The fourth-order valence-corrected chi connectivity index (χ4v) is 3.23. The number of carbonyl (C=O) groups is 1. The Bertz CT molecular complexity index is 985. The molecule has 0 radical (unpaired) electrons. The van der Waals surface area contributed by atoms with Gasteiger partial charge in [-0.2, -0.15) is 4.98 Å². The molecule has 142 valence electrons. The highest BCUT2D eigenvalue weighted by atomic mass is 32.2. The highest BCUT2D eigenvalue weighted by Crippen LogP contribution is 2.17. The molecule has 1 amide bonds. The first-order valence-corrected chi connectivity index (χ1v) is 9.38. The van der Waals surface area contributed by atoms with Crippen LogP contribution < -0.4 is 5.32 Å². The van der Waals surface area contributed by atoms with Crippen molar-refractivity contribution in [3.8, 4) is 0 Å². The van der Waals surface area contributed by atoms with E-state index in [1.54, 1.807) is 4.52 Å². The van der Waals surface area contributed by atoms with Gasteiger partial charge >= 0.3 is 0 Å². The Kier molecular flexibility index (Phi) is 5.69. The van der Waals surface area contributed by atoms with Crippen LogP contribution in [-0.2, 0) is 11.2 Å². The van der Waals surface area contributed by atoms with E-state index in [1.165, 1.54) is 30.0 Å². The summed E-state index contributed by atoms with van der Waals surface area (Å²) in [6, 6.07) is 3.71. The molecule has 0 bridgehead atoms. The van der Waals surface area contributed by atoms with Gasteiger partial charge < -0.3 is 5.32 Å². The van der Waals surface area contributed by atoms with E-state index in [0.717, 1.165) is 17.0 Å². The molecule has 0 aliphatic heterocycles. The van der Waals surface area contributed by atoms with Crippen molar-refractivity contribution < 1.29 is 13.6 Å². The number of hydrogen-bond acceptors (Lipinski definition) is 5. The van der Waals surface area contributed by atoms with E-state index in [1.807, 2.05) is 20.8 Å². The highest BCUT2D eigenvalue weighted by molar-refractivity contribution is 7.99. The van der Waals surface area contributed by atoms with Crippen LogP contribution in [0.1, 0.15) is 22.5 Å². The van der Waals surface area contributed by atoms with Gasteiger partial charge in [-0.25, -0.2) is 18.3 Å². The van der Waals surface area contributed by atoms with Crippen molar-refractivity contribution in [2.24, 2.45) is 0 Å². The van der Waals surface area contributed by atoms with Gasteiger partial charge in [-0.1, -0.05) is 17.8 Å². The minimum Gasteiger partial charge on any atom is -0.355 e. The lowest BCUT2D eigenvalue weighted by molar-refractivity contribution is -0.118. The van der Waals surface area contributed by atoms with Gasteiger partial charge in [0.1, 0.15) is 11.6 Å². The lowest BCUT2D eigenvalue weighted by Gasteiger charge is -2.06. The second-order valence-electron chi connectivity index (χ2n) is 6.10. The Hall–Kier alpha value is -2.55. The van der Waals surface area contributed by atoms with Gasteiger partial charge in [-0.15, -0.1) is 5.10 Å². The van der Waals surface area contributed by atoms with Crippen LogP contribution >= 0.6 is 11.8 Å². The van der Waals surface area contributed by atoms with Gasteiger partial charge in [0.25, 0.3) is 5.78 Å². The Balaban J connectivity index is 1.55. The lowest BCUT2D eigenvalue weighted by atomic mass is 10.1. The highest BCUT2D eigenvalue weighted by Gasteiger charge is 2.13. The van der Waals surface area contributed by atoms with Crippen LogP contribution in [-0.4, -0.2) is 37.8 Å². The van der Waals surface area contributed by atoms with Crippen molar-refractivity contribution >= 4 is 23.4 Å². The fraction of sp³-hybridized carbons (Fsp3) is 0.333. The minimum atomic E-state index is -0.610. The smallest absolute Gasteiger partial charge is 0.253 e. The van der Waals surface area contributed by atoms with E-state index in [9.17, 15) is 13.6 Å². The first-order chi connectivity index (χ1) is 12.9. The van der Waals surface area contributed by atoms with Crippen LogP contribution in [0.15, 0.2) is 23.4 Å². The van der Waals surface area contributed by atoms with Crippen LogP contribution in [0.5, 0.6) is 0 Å². The van der Waals surface area contributed by atoms with Crippen molar-refractivity contribution in [2.75, 3.05) is 12.3 Å². The number of hydrogen-bond donors (Lipinski definition) is 1. The molecule has 2 aromatic heterocycles. The van der Waals surface area contributed by atoms with Gasteiger partial charge in [0, 0.05) is 23.5 Å². The number of rotatable bonds is 6. The summed E-state index contributed by atoms with van der Waals surface area (Å²) in [6.07, 6.45) is 0.0865. The normalized spacial score (nSPS) is 11.1. The predicted octanol–water partition coefficient (Wildman–Crippen LogP) is 2.78. The molecule has 27 heavy (non-hydrogen) atoms. The Morgan fingerprint density at radius 2 is 1.89 bits per heavy atom. The number of benzene rings is 1. The number of aromatic nitrogens is 4. The van der Waals surface area contributed by atoms with Crippen molar-refractivity contribution in [1.82, 2.24) is 24.9 Å². The van der Waals surface area contributed by atoms with Gasteiger partial charge in [-0.3, -0.25) is 4.79 Å². The Labute approximate surface area is 159 Å². The number of nitrogens with zero attached hydrogens (tertiary/aromatic N) is 4. The van der Waals surface area contributed by atoms with E-state index < -0.39 is 11.6 Å². The molecule has 0 aliphatic rings. The fourth-order valence-electron chi connectivity index (χ4n) is 2.58. The van der Waals surface area contributed by atoms with Crippen molar-refractivity contribution in [2.45, 2.75) is 32.3 Å². The molecule has 6 nitrogen and oxygen atoms in total. The van der Waals surface area contributed by atoms with Crippen LogP contribution in [0.3, 0.4) is 0 Å². The predicted molar refractivity (Wildman–Crippen MR) is 98.8 cm³/mol. The Morgan fingerprint density at radius 1 is 1.19 bits per heavy atom. The number of halogens is 2. The summed E-state index contributed by atoms with van der Waals surface area (Å²) in [5.41, 5.74) is 2.86. The molecule has 1 N–H and O–H groups in total. The molecule has 2 heterocycles. The number of carbonyl (C=O) groups excluding carboxylic acids is 1. The number of amides is 1. The standard InChI is InChI=1S/C18H19F2N5OS/c1-10-11(2)22-17-23-18(24-25(17)12(10)3)27-9-16(26)21-8-7-13-14(19)5-4-6-15(13)20/h4-6H,7-9H2,1-3H3,(H,21,26). The summed E-state index contributed by atoms with van der Waals surface area (Å²) in [5.74, 6) is -0.878. The Morgan fingerprint density at radius 3 is 2.59 bits per heavy atom. The third kappa shape index (κ3) is 4.24. The maximum atomic E-state index is 13.6. The average molecular weight is 391 g/mol. The second kappa shape index (κ2) is 7.99. The molecule has 0 fully saturated rings. The molecule has 0 atom stereocenters. The molecular formula is C18H19F2N5OS. The molecule has 0 spiro atoms. The third-order valence-electron chi connectivity index (χ3n) is 4.33. The monoisotopic (exact) mass is 391 g/mol. The molecular weight excluding hydrogens is 372 g/mol. The van der Waals surface area contributed by atoms with Crippen molar-refractivity contribution in [3.05, 3.63) is 52.3 Å². The third-order valence-corrected chi connectivity index (χ3v) is 5.17. The second-order valence-corrected chi connectivity index (χ2v) is 7.05. The van der Waals surface area contributed by atoms with E-state index in [2.05, 4.69) is 20.4 Å².